The third-order valence-electron chi connectivity index (χ3n) is 0.365. The van der Waals surface area contributed by atoms with Gasteiger partial charge in [-0.25, -0.2) is 4.79 Å². The zero-order chi connectivity index (χ0) is 7.49. The molecule has 0 fully saturated rings. The van der Waals surface area contributed by atoms with E-state index in [0.29, 0.717) is 0 Å². The van der Waals surface area contributed by atoms with Crippen LogP contribution < -0.4 is 5.73 Å². The van der Waals surface area contributed by atoms with Crippen LogP contribution >= 0.6 is 0 Å². The van der Waals surface area contributed by atoms with E-state index in [2.05, 4.69) is 9.92 Å². The molecule has 0 heterocycles. The van der Waals surface area contributed by atoms with Crippen molar-refractivity contribution in [3.63, 3.8) is 0 Å². The van der Waals surface area contributed by atoms with Crippen molar-refractivity contribution >= 4 is 16.4 Å². The van der Waals surface area contributed by atoms with Crippen LogP contribution in [0.3, 0.4) is 0 Å². The summed E-state index contributed by atoms with van der Waals surface area (Å²) in [6, 6.07) is 0. The standard InChI is InChI=1S/C2H5NO5S.Zn/c3-1-2(4)8-9(5,6)7;/h1,3H2,(H,5,6,7);. The molecule has 10 heavy (non-hydrogen) atoms. The molecule has 0 spiro atoms. The summed E-state index contributed by atoms with van der Waals surface area (Å²) in [6.07, 6.45) is 0. The number of carbonyl (C=O) groups excluding carboxylic acids is 1. The van der Waals surface area contributed by atoms with Gasteiger partial charge in [-0.3, -0.25) is 4.55 Å². The predicted octanol–water partition coefficient (Wildman–Crippen LogP) is -1.71. The molecule has 0 aromatic rings. The summed E-state index contributed by atoms with van der Waals surface area (Å²) in [7, 11) is -4.66. The van der Waals surface area contributed by atoms with Gasteiger partial charge in [0.15, 0.2) is 0 Å². The van der Waals surface area contributed by atoms with Crippen molar-refractivity contribution in [2.75, 3.05) is 6.54 Å². The quantitative estimate of drug-likeness (QED) is 0.424. The number of hydrogen-bond donors (Lipinski definition) is 2. The average Bonchev–Trinajstić information content (AvgIpc) is 1.62. The SMILES string of the molecule is NCC(=O)OS(=O)(=O)O.[Zn]. The minimum absolute atomic E-state index is 0. The average molecular weight is 221 g/mol. The predicted molar refractivity (Wildman–Crippen MR) is 26.7 cm³/mol. The minimum Gasteiger partial charge on any atom is -0.324 e. The molecular formula is C2H5NO5SZn. The van der Waals surface area contributed by atoms with E-state index in [9.17, 15) is 13.2 Å². The summed E-state index contributed by atoms with van der Waals surface area (Å²) < 4.78 is 30.5. The number of carbonyl (C=O) groups is 1. The number of hydrogen-bond acceptors (Lipinski definition) is 5. The van der Waals surface area contributed by atoms with Gasteiger partial charge in [0.05, 0.1) is 6.54 Å². The van der Waals surface area contributed by atoms with Crippen molar-refractivity contribution in [1.29, 1.82) is 0 Å². The van der Waals surface area contributed by atoms with Crippen LogP contribution in [0.1, 0.15) is 0 Å². The second-order valence-electron chi connectivity index (χ2n) is 1.09. The van der Waals surface area contributed by atoms with Gasteiger partial charge in [-0.05, 0) is 0 Å². The van der Waals surface area contributed by atoms with E-state index in [4.69, 9.17) is 4.55 Å². The second kappa shape index (κ2) is 4.73. The van der Waals surface area contributed by atoms with Crippen LogP contribution in [-0.4, -0.2) is 25.5 Å². The molecular weight excluding hydrogens is 215 g/mol. The molecule has 0 radical (unpaired) electrons. The van der Waals surface area contributed by atoms with Crippen LogP contribution in [-0.2, 0) is 38.9 Å². The van der Waals surface area contributed by atoms with Gasteiger partial charge in [-0.1, -0.05) is 0 Å². The van der Waals surface area contributed by atoms with Gasteiger partial charge >= 0.3 is 16.4 Å². The first-order chi connectivity index (χ1) is 3.95. The van der Waals surface area contributed by atoms with Gasteiger partial charge in [-0.2, -0.15) is 8.42 Å². The Bertz CT molecular complexity index is 198. The van der Waals surface area contributed by atoms with Crippen LogP contribution in [0.4, 0.5) is 0 Å². The summed E-state index contributed by atoms with van der Waals surface area (Å²) in [6.45, 7) is -0.584. The van der Waals surface area contributed by atoms with Crippen LogP contribution in [0.15, 0.2) is 0 Å². The Morgan fingerprint density at radius 3 is 2.10 bits per heavy atom. The minimum atomic E-state index is -4.66. The third kappa shape index (κ3) is 7.96. The van der Waals surface area contributed by atoms with E-state index in [1.54, 1.807) is 0 Å². The molecule has 0 saturated heterocycles. The first-order valence-corrected chi connectivity index (χ1v) is 3.22. The molecule has 0 amide bonds. The van der Waals surface area contributed by atoms with Crippen molar-refractivity contribution in [1.82, 2.24) is 0 Å². The maximum Gasteiger partial charge on any atom is 0.449 e. The Hall–Kier alpha value is -0.0366. The molecule has 56 valence electrons. The molecule has 0 bridgehead atoms. The van der Waals surface area contributed by atoms with Gasteiger partial charge in [0.1, 0.15) is 0 Å². The molecule has 3 N–H and O–H groups in total. The van der Waals surface area contributed by atoms with Gasteiger partial charge in [0, 0.05) is 19.5 Å². The van der Waals surface area contributed by atoms with Crippen molar-refractivity contribution < 1.29 is 41.4 Å². The number of nitrogens with two attached hydrogens (primary N) is 1. The van der Waals surface area contributed by atoms with Gasteiger partial charge in [0.2, 0.25) is 0 Å². The monoisotopic (exact) mass is 219 g/mol. The Balaban J connectivity index is 0. The maximum absolute atomic E-state index is 9.94. The first-order valence-electron chi connectivity index (χ1n) is 1.85. The normalized spacial score (nSPS) is 9.80. The Morgan fingerprint density at radius 2 is 2.00 bits per heavy atom. The van der Waals surface area contributed by atoms with Crippen molar-refractivity contribution in [2.24, 2.45) is 5.73 Å². The molecule has 6 nitrogen and oxygen atoms in total. The molecule has 8 heteroatoms. The molecule has 0 atom stereocenters. The van der Waals surface area contributed by atoms with Gasteiger partial charge in [-0.15, -0.1) is 0 Å². The molecule has 0 unspecified atom stereocenters. The van der Waals surface area contributed by atoms with E-state index in [1.165, 1.54) is 0 Å². The van der Waals surface area contributed by atoms with Crippen LogP contribution in [0, 0.1) is 0 Å². The summed E-state index contributed by atoms with van der Waals surface area (Å²) >= 11 is 0. The van der Waals surface area contributed by atoms with Crippen molar-refractivity contribution in [3.05, 3.63) is 0 Å². The molecule has 0 aliphatic heterocycles. The second-order valence-corrected chi connectivity index (χ2v) is 2.11. The zero-order valence-electron chi connectivity index (χ0n) is 4.98. The largest absolute Gasteiger partial charge is 0.449 e. The first kappa shape index (κ1) is 12.6. The van der Waals surface area contributed by atoms with E-state index >= 15 is 0 Å². The van der Waals surface area contributed by atoms with Crippen LogP contribution in [0.5, 0.6) is 0 Å². The molecule has 0 aromatic heterocycles. The molecule has 0 saturated carbocycles. The summed E-state index contributed by atoms with van der Waals surface area (Å²) in [5.74, 6) is -1.20. The third-order valence-corrected chi connectivity index (χ3v) is 0.761. The fourth-order valence-electron chi connectivity index (χ4n) is 0.151. The molecule has 0 rings (SSSR count). The van der Waals surface area contributed by atoms with Gasteiger partial charge < -0.3 is 9.92 Å². The van der Waals surface area contributed by atoms with Crippen molar-refractivity contribution in [2.45, 2.75) is 0 Å². The van der Waals surface area contributed by atoms with Crippen LogP contribution in [0.25, 0.3) is 0 Å². The summed E-state index contributed by atoms with van der Waals surface area (Å²) in [4.78, 5) is 9.94. The zero-order valence-corrected chi connectivity index (χ0v) is 8.76. The van der Waals surface area contributed by atoms with E-state index in [1.807, 2.05) is 0 Å². The molecule has 0 aliphatic carbocycles. The van der Waals surface area contributed by atoms with Crippen molar-refractivity contribution in [3.8, 4) is 0 Å². The summed E-state index contributed by atoms with van der Waals surface area (Å²) in [5, 5.41) is 0. The Morgan fingerprint density at radius 1 is 1.60 bits per heavy atom. The van der Waals surface area contributed by atoms with Gasteiger partial charge in [0.25, 0.3) is 0 Å². The smallest absolute Gasteiger partial charge is 0.324 e. The Kier molecular flexibility index (Phi) is 5.97. The fraction of sp³-hybridized carbons (Fsp3) is 0.500. The molecule has 0 aromatic carbocycles. The molecule has 0 aliphatic rings. The van der Waals surface area contributed by atoms with E-state index in [-0.39, 0.29) is 19.5 Å². The van der Waals surface area contributed by atoms with E-state index < -0.39 is 22.9 Å². The number of rotatable bonds is 2. The topological polar surface area (TPSA) is 107 Å². The fourth-order valence-corrected chi connectivity index (χ4v) is 0.454. The maximum atomic E-state index is 9.94. The summed E-state index contributed by atoms with van der Waals surface area (Å²) in [5.41, 5.74) is 4.63. The Labute approximate surface area is 70.4 Å². The van der Waals surface area contributed by atoms with Crippen LogP contribution in [0.2, 0.25) is 0 Å². The van der Waals surface area contributed by atoms with E-state index in [0.717, 1.165) is 0 Å².